The van der Waals surface area contributed by atoms with Gasteiger partial charge in [-0.15, -0.1) is 0 Å². The Morgan fingerprint density at radius 3 is 2.58 bits per heavy atom. The SMILES string of the molecule is Fc1ccccc1C1=C[CH]C=C1. The van der Waals surface area contributed by atoms with Crippen molar-refractivity contribution in [1.82, 2.24) is 0 Å². The number of rotatable bonds is 1. The minimum Gasteiger partial charge on any atom is -0.206 e. The summed E-state index contributed by atoms with van der Waals surface area (Å²) in [4.78, 5) is 0. The first-order valence-electron chi connectivity index (χ1n) is 3.84. The summed E-state index contributed by atoms with van der Waals surface area (Å²) >= 11 is 0. The summed E-state index contributed by atoms with van der Waals surface area (Å²) in [6, 6.07) is 6.79. The maximum atomic E-state index is 13.2. The molecule has 0 amide bonds. The van der Waals surface area contributed by atoms with Crippen molar-refractivity contribution in [2.75, 3.05) is 0 Å². The van der Waals surface area contributed by atoms with E-state index in [0.29, 0.717) is 5.56 Å². The van der Waals surface area contributed by atoms with Gasteiger partial charge in [0.05, 0.1) is 0 Å². The lowest BCUT2D eigenvalue weighted by atomic mass is 10.1. The quantitative estimate of drug-likeness (QED) is 0.591. The average molecular weight is 159 g/mol. The van der Waals surface area contributed by atoms with E-state index in [4.69, 9.17) is 0 Å². The van der Waals surface area contributed by atoms with Gasteiger partial charge in [-0.2, -0.15) is 0 Å². The fourth-order valence-corrected chi connectivity index (χ4v) is 1.25. The molecule has 0 N–H and O–H groups in total. The zero-order valence-electron chi connectivity index (χ0n) is 6.50. The Bertz CT molecular complexity index is 348. The van der Waals surface area contributed by atoms with E-state index < -0.39 is 0 Å². The Balaban J connectivity index is 2.46. The fourth-order valence-electron chi connectivity index (χ4n) is 1.25. The Hall–Kier alpha value is -1.37. The second-order valence-electron chi connectivity index (χ2n) is 2.65. The molecule has 59 valence electrons. The van der Waals surface area contributed by atoms with Crippen LogP contribution in [0.3, 0.4) is 0 Å². The molecule has 0 bridgehead atoms. The topological polar surface area (TPSA) is 0 Å². The smallest absolute Gasteiger partial charge is 0.131 e. The highest BCUT2D eigenvalue weighted by atomic mass is 19.1. The van der Waals surface area contributed by atoms with E-state index in [0.717, 1.165) is 5.57 Å². The van der Waals surface area contributed by atoms with Crippen molar-refractivity contribution in [1.29, 1.82) is 0 Å². The van der Waals surface area contributed by atoms with Gasteiger partial charge < -0.3 is 0 Å². The van der Waals surface area contributed by atoms with E-state index >= 15 is 0 Å². The summed E-state index contributed by atoms with van der Waals surface area (Å²) in [6.07, 6.45) is 7.61. The molecule has 1 aliphatic rings. The van der Waals surface area contributed by atoms with Gasteiger partial charge in [0, 0.05) is 12.0 Å². The Morgan fingerprint density at radius 1 is 1.08 bits per heavy atom. The lowest BCUT2D eigenvalue weighted by Gasteiger charge is -2.00. The summed E-state index contributed by atoms with van der Waals surface area (Å²) in [5.41, 5.74) is 1.61. The number of hydrogen-bond donors (Lipinski definition) is 0. The van der Waals surface area contributed by atoms with Gasteiger partial charge in [-0.25, -0.2) is 4.39 Å². The molecular weight excluding hydrogens is 151 g/mol. The maximum Gasteiger partial charge on any atom is 0.131 e. The van der Waals surface area contributed by atoms with Gasteiger partial charge in [0.15, 0.2) is 0 Å². The third-order valence-electron chi connectivity index (χ3n) is 1.85. The van der Waals surface area contributed by atoms with Crippen LogP contribution in [0.25, 0.3) is 5.57 Å². The van der Waals surface area contributed by atoms with Crippen LogP contribution in [0.2, 0.25) is 0 Å². The summed E-state index contributed by atoms with van der Waals surface area (Å²) in [5, 5.41) is 0. The number of allylic oxidation sites excluding steroid dienone is 4. The van der Waals surface area contributed by atoms with Crippen LogP contribution < -0.4 is 0 Å². The summed E-state index contributed by atoms with van der Waals surface area (Å²) < 4.78 is 13.2. The average Bonchev–Trinajstić information content (AvgIpc) is 2.57. The predicted octanol–water partition coefficient (Wildman–Crippen LogP) is 2.98. The van der Waals surface area contributed by atoms with Crippen LogP contribution in [-0.4, -0.2) is 0 Å². The van der Waals surface area contributed by atoms with Gasteiger partial charge in [-0.05, 0) is 11.6 Å². The maximum absolute atomic E-state index is 13.2. The molecule has 0 saturated carbocycles. The Labute approximate surface area is 71.0 Å². The molecule has 1 aromatic rings. The molecule has 0 nitrogen and oxygen atoms in total. The van der Waals surface area contributed by atoms with Gasteiger partial charge >= 0.3 is 0 Å². The second kappa shape index (κ2) is 2.94. The van der Waals surface area contributed by atoms with E-state index in [2.05, 4.69) is 0 Å². The van der Waals surface area contributed by atoms with Crippen LogP contribution in [0.1, 0.15) is 5.56 Å². The van der Waals surface area contributed by atoms with E-state index in [-0.39, 0.29) is 5.82 Å². The van der Waals surface area contributed by atoms with E-state index in [1.54, 1.807) is 12.1 Å². The van der Waals surface area contributed by atoms with E-state index in [1.807, 2.05) is 30.7 Å². The largest absolute Gasteiger partial charge is 0.206 e. The first-order valence-corrected chi connectivity index (χ1v) is 3.84. The standard InChI is InChI=1S/C11H8F/c12-11-8-4-3-7-10(11)9-5-1-2-6-9/h1-8H. The minimum absolute atomic E-state index is 0.163. The molecule has 1 aliphatic carbocycles. The van der Waals surface area contributed by atoms with Gasteiger partial charge in [0.25, 0.3) is 0 Å². The molecule has 0 saturated heterocycles. The van der Waals surface area contributed by atoms with E-state index in [1.165, 1.54) is 6.07 Å². The second-order valence-corrected chi connectivity index (χ2v) is 2.65. The molecule has 0 aliphatic heterocycles. The highest BCUT2D eigenvalue weighted by Gasteiger charge is 2.05. The third kappa shape index (κ3) is 1.18. The Kier molecular flexibility index (Phi) is 1.78. The van der Waals surface area contributed by atoms with Crippen LogP contribution >= 0.6 is 0 Å². The van der Waals surface area contributed by atoms with Crippen molar-refractivity contribution in [2.45, 2.75) is 0 Å². The van der Waals surface area contributed by atoms with Crippen molar-refractivity contribution >= 4 is 5.57 Å². The van der Waals surface area contributed by atoms with Gasteiger partial charge in [-0.3, -0.25) is 0 Å². The molecule has 0 fully saturated rings. The molecule has 1 heteroatoms. The number of benzene rings is 1. The summed E-state index contributed by atoms with van der Waals surface area (Å²) in [7, 11) is 0. The summed E-state index contributed by atoms with van der Waals surface area (Å²) in [5.74, 6) is -0.163. The zero-order valence-corrected chi connectivity index (χ0v) is 6.50. The van der Waals surface area contributed by atoms with Gasteiger partial charge in [-0.1, -0.05) is 36.4 Å². The highest BCUT2D eigenvalue weighted by Crippen LogP contribution is 2.22. The monoisotopic (exact) mass is 159 g/mol. The van der Waals surface area contributed by atoms with Crippen LogP contribution in [0, 0.1) is 12.2 Å². The highest BCUT2D eigenvalue weighted by molar-refractivity contribution is 5.78. The Morgan fingerprint density at radius 2 is 1.92 bits per heavy atom. The van der Waals surface area contributed by atoms with Crippen molar-refractivity contribution in [3.63, 3.8) is 0 Å². The summed E-state index contributed by atoms with van der Waals surface area (Å²) in [6.45, 7) is 0. The first-order chi connectivity index (χ1) is 5.88. The van der Waals surface area contributed by atoms with Gasteiger partial charge in [0.1, 0.15) is 5.82 Å². The molecule has 12 heavy (non-hydrogen) atoms. The lowest BCUT2D eigenvalue weighted by Crippen LogP contribution is -1.84. The van der Waals surface area contributed by atoms with Crippen LogP contribution in [0.5, 0.6) is 0 Å². The molecule has 2 rings (SSSR count). The first kappa shape index (κ1) is 7.29. The third-order valence-corrected chi connectivity index (χ3v) is 1.85. The van der Waals surface area contributed by atoms with Crippen LogP contribution in [0.15, 0.2) is 42.5 Å². The minimum atomic E-state index is -0.163. The van der Waals surface area contributed by atoms with Crippen molar-refractivity contribution in [3.8, 4) is 0 Å². The molecule has 0 heterocycles. The molecule has 0 atom stereocenters. The van der Waals surface area contributed by atoms with Crippen molar-refractivity contribution in [2.24, 2.45) is 0 Å². The number of halogens is 1. The van der Waals surface area contributed by atoms with E-state index in [9.17, 15) is 4.39 Å². The zero-order chi connectivity index (χ0) is 8.39. The molecular formula is C11H8F. The molecule has 0 aromatic heterocycles. The lowest BCUT2D eigenvalue weighted by molar-refractivity contribution is 0.624. The van der Waals surface area contributed by atoms with Crippen molar-refractivity contribution in [3.05, 3.63) is 60.3 Å². The molecule has 1 radical (unpaired) electrons. The van der Waals surface area contributed by atoms with Crippen molar-refractivity contribution < 1.29 is 4.39 Å². The fraction of sp³-hybridized carbons (Fsp3) is 0. The molecule has 0 spiro atoms. The van der Waals surface area contributed by atoms with Crippen LogP contribution in [-0.2, 0) is 0 Å². The molecule has 1 aromatic carbocycles. The normalized spacial score (nSPS) is 14.9. The molecule has 0 unspecified atom stereocenters. The number of hydrogen-bond acceptors (Lipinski definition) is 0. The van der Waals surface area contributed by atoms with Gasteiger partial charge in [0.2, 0.25) is 0 Å². The predicted molar refractivity (Wildman–Crippen MR) is 47.8 cm³/mol. The van der Waals surface area contributed by atoms with Crippen LogP contribution in [0.4, 0.5) is 4.39 Å².